The van der Waals surface area contributed by atoms with Gasteiger partial charge in [0.2, 0.25) is 0 Å². The minimum Gasteiger partial charge on any atom is -0.328 e. The number of thiophene rings is 1. The molecule has 0 radical (unpaired) electrons. The van der Waals surface area contributed by atoms with E-state index in [1.165, 1.54) is 24.3 Å². The number of halogens is 2. The molecule has 0 bridgehead atoms. The summed E-state index contributed by atoms with van der Waals surface area (Å²) in [7, 11) is 0. The molecule has 1 aliphatic rings. The Morgan fingerprint density at radius 3 is 3.06 bits per heavy atom. The molecule has 96 valence electrons. The average Bonchev–Trinajstić information content (AvgIpc) is 2.58. The van der Waals surface area contributed by atoms with Crippen LogP contribution < -0.4 is 5.73 Å². The molecule has 17 heavy (non-hydrogen) atoms. The van der Waals surface area contributed by atoms with Gasteiger partial charge in [0.05, 0.1) is 0 Å². The van der Waals surface area contributed by atoms with Gasteiger partial charge in [-0.2, -0.15) is 0 Å². The van der Waals surface area contributed by atoms with Crippen LogP contribution in [0.2, 0.25) is 4.34 Å². The first-order valence-electron chi connectivity index (χ1n) is 5.98. The van der Waals surface area contributed by atoms with Crippen LogP contribution in [0.3, 0.4) is 0 Å². The molecule has 1 aromatic rings. The third kappa shape index (κ3) is 3.67. The van der Waals surface area contributed by atoms with E-state index in [9.17, 15) is 0 Å². The van der Waals surface area contributed by atoms with Crippen molar-refractivity contribution in [3.05, 3.63) is 19.8 Å². The molecule has 2 heterocycles. The summed E-state index contributed by atoms with van der Waals surface area (Å²) < 4.78 is 1.86. The quantitative estimate of drug-likeness (QED) is 0.910. The first-order chi connectivity index (χ1) is 8.06. The van der Waals surface area contributed by atoms with Crippen molar-refractivity contribution < 1.29 is 0 Å². The van der Waals surface area contributed by atoms with E-state index in [2.05, 4.69) is 33.8 Å². The molecule has 1 saturated heterocycles. The van der Waals surface area contributed by atoms with Crippen molar-refractivity contribution in [1.82, 2.24) is 4.90 Å². The average molecular weight is 338 g/mol. The molecule has 1 aliphatic heterocycles. The van der Waals surface area contributed by atoms with E-state index >= 15 is 0 Å². The van der Waals surface area contributed by atoms with Gasteiger partial charge in [-0.15, -0.1) is 11.3 Å². The monoisotopic (exact) mass is 336 g/mol. The van der Waals surface area contributed by atoms with Crippen LogP contribution in [0.15, 0.2) is 10.5 Å². The van der Waals surface area contributed by atoms with Crippen LogP contribution in [0.4, 0.5) is 0 Å². The van der Waals surface area contributed by atoms with E-state index in [4.69, 9.17) is 17.3 Å². The molecule has 2 nitrogen and oxygen atoms in total. The number of nitrogens with zero attached hydrogens (tertiary/aromatic N) is 1. The lowest BCUT2D eigenvalue weighted by atomic mass is 9.92. The van der Waals surface area contributed by atoms with Gasteiger partial charge in [0.15, 0.2) is 0 Å². The molecule has 2 atom stereocenters. The molecule has 2 N–H and O–H groups in total. The third-order valence-electron chi connectivity index (χ3n) is 3.36. The Bertz CT molecular complexity index is 361. The van der Waals surface area contributed by atoms with Crippen molar-refractivity contribution in [3.63, 3.8) is 0 Å². The zero-order valence-corrected chi connectivity index (χ0v) is 13.1. The second kappa shape index (κ2) is 6.02. The number of nitrogens with two attached hydrogens (primary N) is 1. The Labute approximate surface area is 120 Å². The molecular formula is C12H18BrClN2S. The van der Waals surface area contributed by atoms with E-state index in [0.29, 0.717) is 12.0 Å². The first kappa shape index (κ1) is 13.8. The highest BCUT2D eigenvalue weighted by atomic mass is 79.9. The van der Waals surface area contributed by atoms with Gasteiger partial charge in [-0.05, 0) is 54.2 Å². The molecule has 1 fully saturated rings. The van der Waals surface area contributed by atoms with Gasteiger partial charge in [-0.3, -0.25) is 4.90 Å². The highest BCUT2D eigenvalue weighted by molar-refractivity contribution is 9.10. The van der Waals surface area contributed by atoms with Gasteiger partial charge >= 0.3 is 0 Å². The normalized spacial score (nSPS) is 23.9. The summed E-state index contributed by atoms with van der Waals surface area (Å²) in [5.74, 6) is 0.641. The third-order valence-corrected chi connectivity index (χ3v) is 5.82. The van der Waals surface area contributed by atoms with Gasteiger partial charge in [-0.1, -0.05) is 11.6 Å². The maximum absolute atomic E-state index is 6.06. The van der Waals surface area contributed by atoms with Crippen molar-refractivity contribution >= 4 is 38.9 Å². The summed E-state index contributed by atoms with van der Waals surface area (Å²) in [5, 5.41) is 0. The standard InChI is InChI=1S/C12H18BrClN2S/c1-8(15)9-3-2-4-16(6-9)7-10-5-11(13)12(14)17-10/h5,8-9H,2-4,6-7,15H2,1H3. The molecule has 5 heteroatoms. The van der Waals surface area contributed by atoms with Crippen LogP contribution in [-0.4, -0.2) is 24.0 Å². The highest BCUT2D eigenvalue weighted by Crippen LogP contribution is 2.33. The van der Waals surface area contributed by atoms with Crippen LogP contribution in [0.5, 0.6) is 0 Å². The molecular weight excluding hydrogens is 320 g/mol. The lowest BCUT2D eigenvalue weighted by Gasteiger charge is -2.34. The summed E-state index contributed by atoms with van der Waals surface area (Å²) in [5.41, 5.74) is 6.00. The van der Waals surface area contributed by atoms with Gasteiger partial charge in [0, 0.05) is 28.5 Å². The van der Waals surface area contributed by atoms with Crippen LogP contribution in [-0.2, 0) is 6.54 Å². The van der Waals surface area contributed by atoms with Crippen LogP contribution >= 0.6 is 38.9 Å². The summed E-state index contributed by atoms with van der Waals surface area (Å²) in [6.07, 6.45) is 2.52. The number of hydrogen-bond acceptors (Lipinski definition) is 3. The van der Waals surface area contributed by atoms with Gasteiger partial charge < -0.3 is 5.73 Å². The van der Waals surface area contributed by atoms with Crippen molar-refractivity contribution in [2.45, 2.75) is 32.4 Å². The number of hydrogen-bond donors (Lipinski definition) is 1. The zero-order valence-electron chi connectivity index (χ0n) is 9.96. The fourth-order valence-corrected chi connectivity index (χ4v) is 4.19. The molecule has 0 spiro atoms. The van der Waals surface area contributed by atoms with Crippen molar-refractivity contribution in [2.24, 2.45) is 11.7 Å². The lowest BCUT2D eigenvalue weighted by Crippen LogP contribution is -2.41. The number of piperidine rings is 1. The van der Waals surface area contributed by atoms with E-state index < -0.39 is 0 Å². The predicted molar refractivity (Wildman–Crippen MR) is 78.7 cm³/mol. The second-order valence-electron chi connectivity index (χ2n) is 4.83. The first-order valence-corrected chi connectivity index (χ1v) is 7.96. The molecule has 0 aliphatic carbocycles. The smallest absolute Gasteiger partial charge is 0.107 e. The maximum atomic E-state index is 6.06. The largest absolute Gasteiger partial charge is 0.328 e. The van der Waals surface area contributed by atoms with Crippen LogP contribution in [0, 0.1) is 5.92 Å². The topological polar surface area (TPSA) is 29.3 Å². The predicted octanol–water partition coefficient (Wildman–Crippen LogP) is 3.72. The molecule has 1 aromatic heterocycles. The Morgan fingerprint density at radius 1 is 1.71 bits per heavy atom. The Balaban J connectivity index is 1.94. The number of likely N-dealkylation sites (tertiary alicyclic amines) is 1. The Hall–Kier alpha value is 0.390. The minimum atomic E-state index is 0.302. The molecule has 2 unspecified atom stereocenters. The summed E-state index contributed by atoms with van der Waals surface area (Å²) in [6, 6.07) is 2.43. The van der Waals surface area contributed by atoms with E-state index in [1.54, 1.807) is 11.3 Å². The van der Waals surface area contributed by atoms with Gasteiger partial charge in [-0.25, -0.2) is 0 Å². The van der Waals surface area contributed by atoms with Crippen molar-refractivity contribution in [2.75, 3.05) is 13.1 Å². The van der Waals surface area contributed by atoms with Crippen molar-refractivity contribution in [3.8, 4) is 0 Å². The SMILES string of the molecule is CC(N)C1CCCN(Cc2cc(Br)c(Cl)s2)C1. The lowest BCUT2D eigenvalue weighted by molar-refractivity contribution is 0.155. The van der Waals surface area contributed by atoms with Crippen LogP contribution in [0.25, 0.3) is 0 Å². The summed E-state index contributed by atoms with van der Waals surface area (Å²) in [6.45, 7) is 5.41. The fourth-order valence-electron chi connectivity index (χ4n) is 2.35. The molecule has 0 amide bonds. The fraction of sp³-hybridized carbons (Fsp3) is 0.667. The van der Waals surface area contributed by atoms with E-state index in [0.717, 1.165) is 21.9 Å². The van der Waals surface area contributed by atoms with Gasteiger partial charge in [0.25, 0.3) is 0 Å². The Morgan fingerprint density at radius 2 is 2.47 bits per heavy atom. The summed E-state index contributed by atoms with van der Waals surface area (Å²) >= 11 is 11.2. The minimum absolute atomic E-state index is 0.302. The summed E-state index contributed by atoms with van der Waals surface area (Å²) in [4.78, 5) is 3.82. The number of rotatable bonds is 3. The van der Waals surface area contributed by atoms with Crippen molar-refractivity contribution in [1.29, 1.82) is 0 Å². The maximum Gasteiger partial charge on any atom is 0.107 e. The van der Waals surface area contributed by atoms with Crippen LogP contribution in [0.1, 0.15) is 24.6 Å². The van der Waals surface area contributed by atoms with Gasteiger partial charge in [0.1, 0.15) is 4.34 Å². The zero-order chi connectivity index (χ0) is 12.4. The molecule has 2 rings (SSSR count). The van der Waals surface area contributed by atoms with E-state index in [1.807, 2.05) is 0 Å². The highest BCUT2D eigenvalue weighted by Gasteiger charge is 2.23. The molecule has 0 aromatic carbocycles. The second-order valence-corrected chi connectivity index (χ2v) is 7.42. The Kier molecular flexibility index (Phi) is 4.89. The molecule has 0 saturated carbocycles. The van der Waals surface area contributed by atoms with E-state index in [-0.39, 0.29) is 0 Å².